The van der Waals surface area contributed by atoms with E-state index >= 15 is 0 Å². The molecule has 1 heterocycles. The number of ether oxygens (including phenoxy) is 1. The van der Waals surface area contributed by atoms with Crippen molar-refractivity contribution in [3.05, 3.63) is 35.4 Å². The summed E-state index contributed by atoms with van der Waals surface area (Å²) in [6.45, 7) is 7.24. The molecular formula is C15H22N2O2. The molecule has 1 aliphatic rings. The first kappa shape index (κ1) is 14.0. The van der Waals surface area contributed by atoms with Crippen molar-refractivity contribution in [1.29, 1.82) is 0 Å². The van der Waals surface area contributed by atoms with E-state index in [1.807, 2.05) is 24.3 Å². The predicted octanol–water partition coefficient (Wildman–Crippen LogP) is 1.53. The first-order valence-electron chi connectivity index (χ1n) is 6.87. The molecule has 0 radical (unpaired) electrons. The number of hydrogen-bond donors (Lipinski definition) is 2. The SMILES string of the molecule is CC(C)c1ccc(C(=O)NCC2CNCCO2)cc1. The van der Waals surface area contributed by atoms with Crippen LogP contribution in [0.2, 0.25) is 0 Å². The summed E-state index contributed by atoms with van der Waals surface area (Å²) in [4.78, 5) is 12.0. The molecule has 4 nitrogen and oxygen atoms in total. The van der Waals surface area contributed by atoms with E-state index in [4.69, 9.17) is 4.74 Å². The van der Waals surface area contributed by atoms with Crippen molar-refractivity contribution >= 4 is 5.91 Å². The van der Waals surface area contributed by atoms with Crippen LogP contribution in [0.3, 0.4) is 0 Å². The average molecular weight is 262 g/mol. The molecule has 1 atom stereocenters. The minimum atomic E-state index is -0.0375. The second kappa shape index (κ2) is 6.68. The van der Waals surface area contributed by atoms with E-state index in [0.29, 0.717) is 24.6 Å². The molecule has 19 heavy (non-hydrogen) atoms. The smallest absolute Gasteiger partial charge is 0.251 e. The molecule has 0 bridgehead atoms. The molecule has 0 saturated carbocycles. The van der Waals surface area contributed by atoms with Crippen LogP contribution in [0.1, 0.15) is 35.7 Å². The monoisotopic (exact) mass is 262 g/mol. The fourth-order valence-electron chi connectivity index (χ4n) is 2.08. The molecule has 1 aliphatic heterocycles. The lowest BCUT2D eigenvalue weighted by Crippen LogP contribution is -2.45. The third-order valence-corrected chi connectivity index (χ3v) is 3.33. The van der Waals surface area contributed by atoms with E-state index in [1.165, 1.54) is 5.56 Å². The second-order valence-corrected chi connectivity index (χ2v) is 5.18. The fourth-order valence-corrected chi connectivity index (χ4v) is 2.08. The van der Waals surface area contributed by atoms with Gasteiger partial charge in [-0.1, -0.05) is 26.0 Å². The van der Waals surface area contributed by atoms with E-state index in [2.05, 4.69) is 24.5 Å². The van der Waals surface area contributed by atoms with Gasteiger partial charge in [-0.2, -0.15) is 0 Å². The van der Waals surface area contributed by atoms with E-state index in [9.17, 15) is 4.79 Å². The molecule has 0 spiro atoms. The highest BCUT2D eigenvalue weighted by Gasteiger charge is 2.14. The number of hydrogen-bond acceptors (Lipinski definition) is 3. The van der Waals surface area contributed by atoms with Crippen LogP contribution in [-0.2, 0) is 4.74 Å². The van der Waals surface area contributed by atoms with Crippen LogP contribution in [0.15, 0.2) is 24.3 Å². The van der Waals surface area contributed by atoms with Crippen LogP contribution in [0.5, 0.6) is 0 Å². The summed E-state index contributed by atoms with van der Waals surface area (Å²) in [5.41, 5.74) is 1.95. The molecule has 2 N–H and O–H groups in total. The van der Waals surface area contributed by atoms with E-state index in [1.54, 1.807) is 0 Å². The molecular weight excluding hydrogens is 240 g/mol. The lowest BCUT2D eigenvalue weighted by molar-refractivity contribution is 0.0287. The van der Waals surface area contributed by atoms with Gasteiger partial charge in [-0.15, -0.1) is 0 Å². The Morgan fingerprint density at radius 1 is 1.42 bits per heavy atom. The van der Waals surface area contributed by atoms with Gasteiger partial charge in [0, 0.05) is 25.2 Å². The number of carbonyl (C=O) groups excluding carboxylic acids is 1. The number of morpholine rings is 1. The van der Waals surface area contributed by atoms with Gasteiger partial charge in [-0.25, -0.2) is 0 Å². The van der Waals surface area contributed by atoms with Gasteiger partial charge in [-0.3, -0.25) is 4.79 Å². The Balaban J connectivity index is 1.85. The van der Waals surface area contributed by atoms with Crippen molar-refractivity contribution in [2.45, 2.75) is 25.9 Å². The Kier molecular flexibility index (Phi) is 4.93. The van der Waals surface area contributed by atoms with Gasteiger partial charge in [0.05, 0.1) is 12.7 Å². The van der Waals surface area contributed by atoms with Crippen molar-refractivity contribution in [3.63, 3.8) is 0 Å². The van der Waals surface area contributed by atoms with Crippen LogP contribution in [0, 0.1) is 0 Å². The maximum atomic E-state index is 12.0. The highest BCUT2D eigenvalue weighted by Crippen LogP contribution is 2.14. The van der Waals surface area contributed by atoms with Crippen molar-refractivity contribution in [2.75, 3.05) is 26.2 Å². The van der Waals surface area contributed by atoms with E-state index in [0.717, 1.165) is 13.1 Å². The maximum absolute atomic E-state index is 12.0. The zero-order valence-electron chi connectivity index (χ0n) is 11.6. The molecule has 1 amide bonds. The van der Waals surface area contributed by atoms with Crippen molar-refractivity contribution in [1.82, 2.24) is 10.6 Å². The highest BCUT2D eigenvalue weighted by molar-refractivity contribution is 5.94. The maximum Gasteiger partial charge on any atom is 0.251 e. The van der Waals surface area contributed by atoms with E-state index in [-0.39, 0.29) is 12.0 Å². The van der Waals surface area contributed by atoms with Crippen LogP contribution < -0.4 is 10.6 Å². The summed E-state index contributed by atoms with van der Waals surface area (Å²) in [6.07, 6.45) is 0.0765. The minimum absolute atomic E-state index is 0.0375. The van der Waals surface area contributed by atoms with E-state index < -0.39 is 0 Å². The zero-order chi connectivity index (χ0) is 13.7. The molecule has 1 aromatic carbocycles. The van der Waals surface area contributed by atoms with Gasteiger partial charge < -0.3 is 15.4 Å². The fraction of sp³-hybridized carbons (Fsp3) is 0.533. The Morgan fingerprint density at radius 3 is 2.74 bits per heavy atom. The zero-order valence-corrected chi connectivity index (χ0v) is 11.6. The minimum Gasteiger partial charge on any atom is -0.374 e. The molecule has 0 aliphatic carbocycles. The average Bonchev–Trinajstić information content (AvgIpc) is 2.46. The van der Waals surface area contributed by atoms with Gasteiger partial charge in [0.2, 0.25) is 0 Å². The lowest BCUT2D eigenvalue weighted by Gasteiger charge is -2.23. The molecule has 0 aromatic heterocycles. The predicted molar refractivity (Wildman–Crippen MR) is 75.5 cm³/mol. The van der Waals surface area contributed by atoms with Gasteiger partial charge >= 0.3 is 0 Å². The van der Waals surface area contributed by atoms with Crippen LogP contribution in [-0.4, -0.2) is 38.3 Å². The number of carbonyl (C=O) groups is 1. The van der Waals surface area contributed by atoms with Crippen molar-refractivity contribution < 1.29 is 9.53 Å². The summed E-state index contributed by atoms with van der Waals surface area (Å²) in [5, 5.41) is 6.16. The summed E-state index contributed by atoms with van der Waals surface area (Å²) in [5.74, 6) is 0.448. The summed E-state index contributed by atoms with van der Waals surface area (Å²) >= 11 is 0. The molecule has 1 saturated heterocycles. The molecule has 2 rings (SSSR count). The molecule has 1 unspecified atom stereocenters. The van der Waals surface area contributed by atoms with Crippen molar-refractivity contribution in [2.24, 2.45) is 0 Å². The van der Waals surface area contributed by atoms with Crippen LogP contribution >= 0.6 is 0 Å². The van der Waals surface area contributed by atoms with Crippen LogP contribution in [0.25, 0.3) is 0 Å². The molecule has 1 fully saturated rings. The topological polar surface area (TPSA) is 50.4 Å². The summed E-state index contributed by atoms with van der Waals surface area (Å²) in [6, 6.07) is 7.78. The van der Waals surface area contributed by atoms with Gasteiger partial charge in [-0.05, 0) is 23.6 Å². The number of benzene rings is 1. The quantitative estimate of drug-likeness (QED) is 0.865. The van der Waals surface area contributed by atoms with Gasteiger partial charge in [0.1, 0.15) is 0 Å². The third-order valence-electron chi connectivity index (χ3n) is 3.33. The van der Waals surface area contributed by atoms with Gasteiger partial charge in [0.15, 0.2) is 0 Å². The van der Waals surface area contributed by atoms with Gasteiger partial charge in [0.25, 0.3) is 5.91 Å². The summed E-state index contributed by atoms with van der Waals surface area (Å²) < 4.78 is 5.54. The lowest BCUT2D eigenvalue weighted by atomic mass is 10.0. The highest BCUT2D eigenvalue weighted by atomic mass is 16.5. The normalized spacial score (nSPS) is 19.4. The first-order valence-corrected chi connectivity index (χ1v) is 6.87. The molecule has 4 heteroatoms. The Labute approximate surface area is 114 Å². The Bertz CT molecular complexity index is 409. The molecule has 104 valence electrons. The third kappa shape index (κ3) is 4.04. The largest absolute Gasteiger partial charge is 0.374 e. The first-order chi connectivity index (χ1) is 9.16. The molecule has 1 aromatic rings. The summed E-state index contributed by atoms with van der Waals surface area (Å²) in [7, 11) is 0. The Hall–Kier alpha value is -1.39. The second-order valence-electron chi connectivity index (χ2n) is 5.18. The Morgan fingerprint density at radius 2 is 2.16 bits per heavy atom. The number of amides is 1. The standard InChI is InChI=1S/C15H22N2O2/c1-11(2)12-3-5-13(6-4-12)15(18)17-10-14-9-16-7-8-19-14/h3-6,11,14,16H,7-10H2,1-2H3,(H,17,18). The van der Waals surface area contributed by atoms with Crippen molar-refractivity contribution in [3.8, 4) is 0 Å². The number of nitrogens with one attached hydrogen (secondary N) is 2. The van der Waals surface area contributed by atoms with Crippen LogP contribution in [0.4, 0.5) is 0 Å². The number of rotatable bonds is 4.